The summed E-state index contributed by atoms with van der Waals surface area (Å²) in [7, 11) is 0. The van der Waals surface area contributed by atoms with Crippen LogP contribution in [0.25, 0.3) is 0 Å². The van der Waals surface area contributed by atoms with Gasteiger partial charge in [-0.3, -0.25) is 4.79 Å². The standard InChI is InChI=1S/C12H24N2O2/c1-4-12(3,5-6-15)14-11(16)10-8-13-7-9(10)2/h9-10,13,15H,4-8H2,1-3H3,(H,14,16)/t9-,10-,12?/m1/s1. The van der Waals surface area contributed by atoms with Crippen LogP contribution in [0.1, 0.15) is 33.6 Å². The summed E-state index contributed by atoms with van der Waals surface area (Å²) in [4.78, 5) is 12.1. The van der Waals surface area contributed by atoms with Crippen molar-refractivity contribution in [2.75, 3.05) is 19.7 Å². The molecule has 0 aromatic heterocycles. The third-order valence-electron chi connectivity index (χ3n) is 3.72. The Labute approximate surface area is 97.8 Å². The molecule has 1 heterocycles. The molecule has 1 aliphatic rings. The highest BCUT2D eigenvalue weighted by Crippen LogP contribution is 2.20. The summed E-state index contributed by atoms with van der Waals surface area (Å²) < 4.78 is 0. The summed E-state index contributed by atoms with van der Waals surface area (Å²) in [5.74, 6) is 0.593. The first-order chi connectivity index (χ1) is 7.52. The Morgan fingerprint density at radius 3 is 2.69 bits per heavy atom. The Kier molecular flexibility index (Phi) is 4.74. The van der Waals surface area contributed by atoms with E-state index in [1.807, 2.05) is 13.8 Å². The average Bonchev–Trinajstić information content (AvgIpc) is 2.65. The Morgan fingerprint density at radius 2 is 2.25 bits per heavy atom. The average molecular weight is 228 g/mol. The monoisotopic (exact) mass is 228 g/mol. The lowest BCUT2D eigenvalue weighted by molar-refractivity contribution is -0.127. The van der Waals surface area contributed by atoms with Gasteiger partial charge in [0.25, 0.3) is 0 Å². The first kappa shape index (κ1) is 13.5. The number of hydrogen-bond donors (Lipinski definition) is 3. The molecule has 4 nitrogen and oxygen atoms in total. The zero-order valence-electron chi connectivity index (χ0n) is 10.5. The predicted molar refractivity (Wildman–Crippen MR) is 64.1 cm³/mol. The number of carbonyl (C=O) groups excluding carboxylic acids is 1. The predicted octanol–water partition coefficient (Wildman–Crippen LogP) is 0.509. The molecule has 4 heteroatoms. The molecule has 1 aliphatic heterocycles. The van der Waals surface area contributed by atoms with Gasteiger partial charge < -0.3 is 15.7 Å². The fraction of sp³-hybridized carbons (Fsp3) is 0.917. The second-order valence-electron chi connectivity index (χ2n) is 5.12. The molecule has 1 unspecified atom stereocenters. The van der Waals surface area contributed by atoms with Crippen molar-refractivity contribution < 1.29 is 9.90 Å². The zero-order chi connectivity index (χ0) is 12.2. The highest BCUT2D eigenvalue weighted by molar-refractivity contribution is 5.80. The maximum Gasteiger partial charge on any atom is 0.225 e. The Bertz CT molecular complexity index is 245. The summed E-state index contributed by atoms with van der Waals surface area (Å²) >= 11 is 0. The van der Waals surface area contributed by atoms with Crippen LogP contribution in [0.3, 0.4) is 0 Å². The summed E-state index contributed by atoms with van der Waals surface area (Å²) in [6.07, 6.45) is 1.46. The van der Waals surface area contributed by atoms with Crippen LogP contribution in [-0.2, 0) is 4.79 Å². The minimum Gasteiger partial charge on any atom is -0.396 e. The van der Waals surface area contributed by atoms with E-state index in [0.717, 1.165) is 19.5 Å². The van der Waals surface area contributed by atoms with E-state index in [9.17, 15) is 4.79 Å². The summed E-state index contributed by atoms with van der Waals surface area (Å²) in [6.45, 7) is 7.93. The molecular formula is C12H24N2O2. The van der Waals surface area contributed by atoms with Gasteiger partial charge in [0.15, 0.2) is 0 Å². The lowest BCUT2D eigenvalue weighted by atomic mass is 9.91. The van der Waals surface area contributed by atoms with Crippen LogP contribution in [0.2, 0.25) is 0 Å². The van der Waals surface area contributed by atoms with Crippen LogP contribution in [0.15, 0.2) is 0 Å². The third kappa shape index (κ3) is 3.19. The number of aliphatic hydroxyl groups excluding tert-OH is 1. The second kappa shape index (κ2) is 5.64. The molecule has 0 aromatic carbocycles. The highest BCUT2D eigenvalue weighted by Gasteiger charge is 2.33. The van der Waals surface area contributed by atoms with Crippen molar-refractivity contribution in [1.29, 1.82) is 0 Å². The van der Waals surface area contributed by atoms with E-state index in [2.05, 4.69) is 17.6 Å². The molecule has 0 saturated carbocycles. The van der Waals surface area contributed by atoms with E-state index < -0.39 is 0 Å². The molecule has 1 fully saturated rings. The van der Waals surface area contributed by atoms with Crippen molar-refractivity contribution in [3.63, 3.8) is 0 Å². The van der Waals surface area contributed by atoms with Crippen LogP contribution >= 0.6 is 0 Å². The molecule has 3 N–H and O–H groups in total. The van der Waals surface area contributed by atoms with Gasteiger partial charge in [-0.1, -0.05) is 13.8 Å². The number of hydrogen-bond acceptors (Lipinski definition) is 3. The van der Waals surface area contributed by atoms with Gasteiger partial charge >= 0.3 is 0 Å². The van der Waals surface area contributed by atoms with E-state index in [4.69, 9.17) is 5.11 Å². The number of aliphatic hydroxyl groups is 1. The molecule has 0 bridgehead atoms. The summed E-state index contributed by atoms with van der Waals surface area (Å²) in [6, 6.07) is 0. The first-order valence-electron chi connectivity index (χ1n) is 6.16. The number of nitrogens with one attached hydrogen (secondary N) is 2. The maximum absolute atomic E-state index is 12.1. The maximum atomic E-state index is 12.1. The van der Waals surface area contributed by atoms with Crippen LogP contribution in [-0.4, -0.2) is 36.2 Å². The van der Waals surface area contributed by atoms with Gasteiger partial charge in [-0.2, -0.15) is 0 Å². The summed E-state index contributed by atoms with van der Waals surface area (Å²) in [5, 5.41) is 15.3. The van der Waals surface area contributed by atoms with Gasteiger partial charge in [-0.25, -0.2) is 0 Å². The number of amides is 1. The van der Waals surface area contributed by atoms with Crippen molar-refractivity contribution in [1.82, 2.24) is 10.6 Å². The summed E-state index contributed by atoms with van der Waals surface area (Å²) in [5.41, 5.74) is -0.270. The van der Waals surface area contributed by atoms with Crippen LogP contribution in [0.5, 0.6) is 0 Å². The molecular weight excluding hydrogens is 204 g/mol. The van der Waals surface area contributed by atoms with E-state index in [0.29, 0.717) is 12.3 Å². The van der Waals surface area contributed by atoms with Crippen LogP contribution in [0, 0.1) is 11.8 Å². The molecule has 1 amide bonds. The number of rotatable bonds is 5. The quantitative estimate of drug-likeness (QED) is 0.642. The third-order valence-corrected chi connectivity index (χ3v) is 3.72. The van der Waals surface area contributed by atoms with E-state index in [-0.39, 0.29) is 24.0 Å². The zero-order valence-corrected chi connectivity index (χ0v) is 10.5. The molecule has 0 aromatic rings. The molecule has 0 spiro atoms. The van der Waals surface area contributed by atoms with Gasteiger partial charge in [-0.15, -0.1) is 0 Å². The van der Waals surface area contributed by atoms with Crippen molar-refractivity contribution >= 4 is 5.91 Å². The number of carbonyl (C=O) groups is 1. The Morgan fingerprint density at radius 1 is 1.56 bits per heavy atom. The minimum absolute atomic E-state index is 0.0737. The van der Waals surface area contributed by atoms with Gasteiger partial charge in [0.2, 0.25) is 5.91 Å². The fourth-order valence-corrected chi connectivity index (χ4v) is 2.13. The molecule has 1 rings (SSSR count). The Hall–Kier alpha value is -0.610. The fourth-order valence-electron chi connectivity index (χ4n) is 2.13. The van der Waals surface area contributed by atoms with Crippen molar-refractivity contribution in [3.05, 3.63) is 0 Å². The lowest BCUT2D eigenvalue weighted by Gasteiger charge is -2.31. The second-order valence-corrected chi connectivity index (χ2v) is 5.12. The Balaban J connectivity index is 2.54. The SMILES string of the molecule is CCC(C)(CCO)NC(=O)[C@@H]1CNC[C@H]1C. The van der Waals surface area contributed by atoms with E-state index >= 15 is 0 Å². The van der Waals surface area contributed by atoms with Gasteiger partial charge in [0.05, 0.1) is 5.92 Å². The largest absolute Gasteiger partial charge is 0.396 e. The van der Waals surface area contributed by atoms with Crippen LogP contribution < -0.4 is 10.6 Å². The smallest absolute Gasteiger partial charge is 0.225 e. The van der Waals surface area contributed by atoms with Crippen LogP contribution in [0.4, 0.5) is 0 Å². The van der Waals surface area contributed by atoms with E-state index in [1.165, 1.54) is 0 Å². The van der Waals surface area contributed by atoms with E-state index in [1.54, 1.807) is 0 Å². The molecule has 0 radical (unpaired) electrons. The van der Waals surface area contributed by atoms with Gasteiger partial charge in [0, 0.05) is 18.7 Å². The minimum atomic E-state index is -0.270. The molecule has 3 atom stereocenters. The van der Waals surface area contributed by atoms with Crippen molar-refractivity contribution in [2.24, 2.45) is 11.8 Å². The van der Waals surface area contributed by atoms with Crippen molar-refractivity contribution in [3.8, 4) is 0 Å². The topological polar surface area (TPSA) is 61.4 Å². The molecule has 94 valence electrons. The first-order valence-corrected chi connectivity index (χ1v) is 6.16. The van der Waals surface area contributed by atoms with Crippen molar-refractivity contribution in [2.45, 2.75) is 39.2 Å². The normalized spacial score (nSPS) is 28.8. The lowest BCUT2D eigenvalue weighted by Crippen LogP contribution is -2.49. The molecule has 1 saturated heterocycles. The molecule has 0 aliphatic carbocycles. The molecule has 16 heavy (non-hydrogen) atoms. The van der Waals surface area contributed by atoms with Gasteiger partial charge in [-0.05, 0) is 32.2 Å². The van der Waals surface area contributed by atoms with Gasteiger partial charge in [0.1, 0.15) is 0 Å². The highest BCUT2D eigenvalue weighted by atomic mass is 16.3.